The van der Waals surface area contributed by atoms with E-state index in [4.69, 9.17) is 19.7 Å². The van der Waals surface area contributed by atoms with E-state index in [0.717, 1.165) is 54.4 Å². The molecule has 2 aliphatic heterocycles. The fourth-order valence-corrected chi connectivity index (χ4v) is 4.89. The van der Waals surface area contributed by atoms with E-state index in [2.05, 4.69) is 35.7 Å². The molecule has 0 saturated carbocycles. The zero-order valence-corrected chi connectivity index (χ0v) is 19.6. The van der Waals surface area contributed by atoms with Gasteiger partial charge < -0.3 is 14.2 Å². The minimum atomic E-state index is 0.190. The lowest BCUT2D eigenvalue weighted by Crippen LogP contribution is -2.24. The number of aryl methyl sites for hydroxylation is 1. The van der Waals surface area contributed by atoms with Gasteiger partial charge in [0, 0.05) is 49.8 Å². The summed E-state index contributed by atoms with van der Waals surface area (Å²) in [5.41, 5.74) is 2.78. The van der Waals surface area contributed by atoms with Crippen LogP contribution in [0.15, 0.2) is 42.7 Å². The van der Waals surface area contributed by atoms with Gasteiger partial charge in [0.15, 0.2) is 11.5 Å². The molecule has 6 rings (SSSR count). The van der Waals surface area contributed by atoms with Gasteiger partial charge in [-0.1, -0.05) is 30.3 Å². The van der Waals surface area contributed by atoms with Crippen LogP contribution in [0.2, 0.25) is 0 Å². The van der Waals surface area contributed by atoms with Crippen molar-refractivity contribution >= 4 is 16.9 Å². The van der Waals surface area contributed by atoms with Crippen LogP contribution in [0.1, 0.15) is 31.5 Å². The van der Waals surface area contributed by atoms with Crippen LogP contribution in [0, 0.1) is 23.7 Å². The van der Waals surface area contributed by atoms with Crippen molar-refractivity contribution in [3.05, 3.63) is 54.4 Å². The number of nitrogens with zero attached hydrogens (tertiary/aromatic N) is 7. The zero-order valence-electron chi connectivity index (χ0n) is 19.6. The molecule has 2 aliphatic rings. The van der Waals surface area contributed by atoms with Gasteiger partial charge >= 0.3 is 0 Å². The van der Waals surface area contributed by atoms with Crippen LogP contribution in [-0.4, -0.2) is 55.6 Å². The number of hydrogen-bond acceptors (Lipinski definition) is 6. The first-order chi connectivity index (χ1) is 16.6. The topological polar surface area (TPSA) is 73.9 Å². The molecule has 0 spiro atoms. The van der Waals surface area contributed by atoms with Crippen molar-refractivity contribution in [3.63, 3.8) is 0 Å². The summed E-state index contributed by atoms with van der Waals surface area (Å²) in [5.74, 6) is 9.57. The molecule has 5 heterocycles. The van der Waals surface area contributed by atoms with Gasteiger partial charge in [0.05, 0.1) is 30.5 Å². The second-order valence-electron chi connectivity index (χ2n) is 9.43. The van der Waals surface area contributed by atoms with Gasteiger partial charge in [-0.05, 0) is 25.7 Å². The van der Waals surface area contributed by atoms with Crippen molar-refractivity contribution in [2.24, 2.45) is 18.9 Å². The molecular formula is C26H27N7O. The molecule has 2 fully saturated rings. The predicted molar refractivity (Wildman–Crippen MR) is 130 cm³/mol. The van der Waals surface area contributed by atoms with Crippen molar-refractivity contribution in [1.82, 2.24) is 29.3 Å². The van der Waals surface area contributed by atoms with Crippen molar-refractivity contribution in [3.8, 4) is 23.1 Å². The third-order valence-electron chi connectivity index (χ3n) is 6.69. The second-order valence-corrected chi connectivity index (χ2v) is 9.43. The van der Waals surface area contributed by atoms with Crippen molar-refractivity contribution in [1.29, 1.82) is 0 Å². The van der Waals surface area contributed by atoms with Gasteiger partial charge in [-0.15, -0.1) is 0 Å². The summed E-state index contributed by atoms with van der Waals surface area (Å²) in [6.07, 6.45) is 3.88. The van der Waals surface area contributed by atoms with E-state index >= 15 is 0 Å². The van der Waals surface area contributed by atoms with Gasteiger partial charge in [0.1, 0.15) is 5.82 Å². The molecule has 34 heavy (non-hydrogen) atoms. The monoisotopic (exact) mass is 453 g/mol. The van der Waals surface area contributed by atoms with E-state index in [0.29, 0.717) is 23.5 Å². The Hall–Kier alpha value is -3.70. The average molecular weight is 454 g/mol. The number of aromatic nitrogens is 6. The van der Waals surface area contributed by atoms with E-state index in [-0.39, 0.29) is 6.04 Å². The molecule has 0 aliphatic carbocycles. The highest BCUT2D eigenvalue weighted by atomic mass is 16.5. The molecular weight excluding hydrogens is 426 g/mol. The molecule has 0 unspecified atom stereocenters. The molecule has 0 amide bonds. The lowest BCUT2D eigenvalue weighted by molar-refractivity contribution is 0.177. The Morgan fingerprint density at radius 2 is 1.76 bits per heavy atom. The SMILES string of the molecule is CC(C)n1ncc2c(N3C[C@H]4COC[C@H]4C3)nc(C#Cc3nc(-c4ccccc4)cn3C)nc21. The standard InChI is InChI=1S/C26H27N7O/c1-17(2)33-26-21(11-27-33)25(32-12-19-15-34-16-20(19)13-32)29-23(30-26)9-10-24-28-22(14-31(24)3)18-7-5-4-6-8-18/h4-8,11,14,17,19-20H,12-13,15-16H2,1-3H3/t19-,20+. The summed E-state index contributed by atoms with van der Waals surface area (Å²) in [6.45, 7) is 7.76. The van der Waals surface area contributed by atoms with E-state index in [1.165, 1.54) is 0 Å². The Morgan fingerprint density at radius 3 is 2.50 bits per heavy atom. The van der Waals surface area contributed by atoms with Gasteiger partial charge in [-0.3, -0.25) is 0 Å². The van der Waals surface area contributed by atoms with Crippen LogP contribution in [0.5, 0.6) is 0 Å². The first-order valence-electron chi connectivity index (χ1n) is 11.8. The van der Waals surface area contributed by atoms with Crippen LogP contribution in [-0.2, 0) is 11.8 Å². The summed E-state index contributed by atoms with van der Waals surface area (Å²) in [7, 11) is 1.96. The smallest absolute Gasteiger partial charge is 0.209 e. The first kappa shape index (κ1) is 20.9. The Kier molecular flexibility index (Phi) is 5.07. The third-order valence-corrected chi connectivity index (χ3v) is 6.69. The molecule has 0 N–H and O–H groups in total. The Labute approximate surface area is 198 Å². The largest absolute Gasteiger partial charge is 0.381 e. The maximum atomic E-state index is 5.67. The van der Waals surface area contributed by atoms with Gasteiger partial charge in [0.2, 0.25) is 5.82 Å². The number of anilines is 1. The van der Waals surface area contributed by atoms with Crippen LogP contribution >= 0.6 is 0 Å². The van der Waals surface area contributed by atoms with E-state index in [9.17, 15) is 0 Å². The van der Waals surface area contributed by atoms with E-state index < -0.39 is 0 Å². The summed E-state index contributed by atoms with van der Waals surface area (Å²) < 4.78 is 9.55. The second kappa shape index (κ2) is 8.26. The molecule has 0 radical (unpaired) electrons. The summed E-state index contributed by atoms with van der Waals surface area (Å²) in [6, 6.07) is 10.3. The van der Waals surface area contributed by atoms with Crippen molar-refractivity contribution in [2.75, 3.05) is 31.2 Å². The van der Waals surface area contributed by atoms with Crippen LogP contribution < -0.4 is 4.90 Å². The summed E-state index contributed by atoms with van der Waals surface area (Å²) in [4.78, 5) is 16.8. The van der Waals surface area contributed by atoms with Crippen molar-refractivity contribution in [2.45, 2.75) is 19.9 Å². The summed E-state index contributed by atoms with van der Waals surface area (Å²) in [5, 5.41) is 5.58. The Morgan fingerprint density at radius 1 is 1.00 bits per heavy atom. The number of hydrogen-bond donors (Lipinski definition) is 0. The fourth-order valence-electron chi connectivity index (χ4n) is 4.89. The molecule has 2 atom stereocenters. The van der Waals surface area contributed by atoms with Crippen molar-refractivity contribution < 1.29 is 4.74 Å². The maximum Gasteiger partial charge on any atom is 0.209 e. The van der Waals surface area contributed by atoms with Crippen LogP contribution in [0.25, 0.3) is 22.3 Å². The molecule has 8 heteroatoms. The maximum absolute atomic E-state index is 5.67. The van der Waals surface area contributed by atoms with E-state index in [1.54, 1.807) is 0 Å². The molecule has 1 aromatic carbocycles. The minimum absolute atomic E-state index is 0.190. The number of rotatable bonds is 3. The van der Waals surface area contributed by atoms with Gasteiger partial charge in [0.25, 0.3) is 0 Å². The molecule has 3 aromatic heterocycles. The molecule has 4 aromatic rings. The van der Waals surface area contributed by atoms with Crippen LogP contribution in [0.3, 0.4) is 0 Å². The number of fused-ring (bicyclic) bond motifs is 2. The zero-order chi connectivity index (χ0) is 23.2. The van der Waals surface area contributed by atoms with Crippen LogP contribution in [0.4, 0.5) is 5.82 Å². The molecule has 0 bridgehead atoms. The number of benzene rings is 1. The third kappa shape index (κ3) is 3.62. The number of ether oxygens (including phenoxy) is 1. The lowest BCUT2D eigenvalue weighted by Gasteiger charge is -2.19. The average Bonchev–Trinajstić information content (AvgIpc) is 3.60. The van der Waals surface area contributed by atoms with E-state index in [1.807, 2.05) is 59.0 Å². The molecule has 172 valence electrons. The Balaban J connectivity index is 1.40. The fraction of sp³-hybridized carbons (Fsp3) is 0.385. The minimum Gasteiger partial charge on any atom is -0.381 e. The predicted octanol–water partition coefficient (Wildman–Crippen LogP) is 3.29. The Bertz CT molecular complexity index is 1400. The molecule has 2 saturated heterocycles. The lowest BCUT2D eigenvalue weighted by atomic mass is 10.0. The molecule has 8 nitrogen and oxygen atoms in total. The summed E-state index contributed by atoms with van der Waals surface area (Å²) >= 11 is 0. The van der Waals surface area contributed by atoms with Gasteiger partial charge in [-0.25, -0.2) is 19.6 Å². The highest BCUT2D eigenvalue weighted by Crippen LogP contribution is 2.35. The number of imidazole rings is 1. The normalized spacial score (nSPS) is 19.6. The van der Waals surface area contributed by atoms with Gasteiger partial charge in [-0.2, -0.15) is 5.10 Å². The highest BCUT2D eigenvalue weighted by molar-refractivity contribution is 5.87. The quantitative estimate of drug-likeness (QED) is 0.443. The highest BCUT2D eigenvalue weighted by Gasteiger charge is 2.38. The first-order valence-corrected chi connectivity index (χ1v) is 11.8.